The van der Waals surface area contributed by atoms with Gasteiger partial charge in [-0.15, -0.1) is 0 Å². The number of aliphatic hydroxyl groups is 2. The van der Waals surface area contributed by atoms with E-state index in [1.165, 1.54) is 6.20 Å². The third kappa shape index (κ3) is 4.16. The summed E-state index contributed by atoms with van der Waals surface area (Å²) in [6, 6.07) is 0. The van der Waals surface area contributed by atoms with Gasteiger partial charge in [0, 0.05) is 18.3 Å². The minimum atomic E-state index is -1.32. The van der Waals surface area contributed by atoms with E-state index < -0.39 is 24.6 Å². The van der Waals surface area contributed by atoms with E-state index in [0.29, 0.717) is 18.0 Å². The molecular weight excluding hydrogens is 224 g/mol. The zero-order valence-electron chi connectivity index (χ0n) is 9.95. The number of carbonyl (C=O) groups is 1. The van der Waals surface area contributed by atoms with Crippen LogP contribution in [0.1, 0.15) is 31.9 Å². The lowest BCUT2D eigenvalue weighted by Gasteiger charge is -2.14. The van der Waals surface area contributed by atoms with Gasteiger partial charge in [-0.25, -0.2) is 0 Å². The Bertz CT molecular complexity index is 375. The highest BCUT2D eigenvalue weighted by Crippen LogP contribution is 2.18. The fraction of sp³-hybridized carbons (Fsp3) is 0.636. The number of aliphatic carboxylic acids is 1. The van der Waals surface area contributed by atoms with Crippen molar-refractivity contribution in [1.82, 2.24) is 9.78 Å². The molecule has 96 valence electrons. The maximum Gasteiger partial charge on any atom is 0.306 e. The molecule has 1 heterocycles. The molecule has 0 fully saturated rings. The molecular formula is C11H18N2O4. The standard InChI is InChI=1S/C11H18N2O4/c1-7(2)5-13-6-8(4-12-13)11(17)9(14)3-10(15)16/h4,6-7,9,11,14,17H,3,5H2,1-2H3,(H,15,16). The molecule has 0 radical (unpaired) electrons. The van der Waals surface area contributed by atoms with Gasteiger partial charge in [0.2, 0.25) is 0 Å². The van der Waals surface area contributed by atoms with Crippen LogP contribution in [-0.2, 0) is 11.3 Å². The molecule has 1 aromatic rings. The molecule has 0 amide bonds. The number of nitrogens with zero attached hydrogens (tertiary/aromatic N) is 2. The number of rotatable bonds is 6. The van der Waals surface area contributed by atoms with E-state index in [4.69, 9.17) is 5.11 Å². The van der Waals surface area contributed by atoms with Crippen LogP contribution in [0.25, 0.3) is 0 Å². The molecule has 17 heavy (non-hydrogen) atoms. The Labute approximate surface area is 99.5 Å². The lowest BCUT2D eigenvalue weighted by molar-refractivity contribution is -0.141. The van der Waals surface area contributed by atoms with Crippen LogP contribution in [0, 0.1) is 5.92 Å². The van der Waals surface area contributed by atoms with Crippen LogP contribution in [0.5, 0.6) is 0 Å². The van der Waals surface area contributed by atoms with Gasteiger partial charge in [0.15, 0.2) is 0 Å². The fourth-order valence-corrected chi connectivity index (χ4v) is 1.52. The van der Waals surface area contributed by atoms with Crippen molar-refractivity contribution in [3.05, 3.63) is 18.0 Å². The van der Waals surface area contributed by atoms with Gasteiger partial charge >= 0.3 is 5.97 Å². The molecule has 0 aliphatic carbocycles. The molecule has 2 atom stereocenters. The largest absolute Gasteiger partial charge is 0.481 e. The molecule has 0 saturated carbocycles. The van der Waals surface area contributed by atoms with Crippen LogP contribution in [0.4, 0.5) is 0 Å². The van der Waals surface area contributed by atoms with Gasteiger partial charge in [0.1, 0.15) is 6.10 Å². The van der Waals surface area contributed by atoms with Gasteiger partial charge < -0.3 is 15.3 Å². The fourth-order valence-electron chi connectivity index (χ4n) is 1.52. The number of hydrogen-bond donors (Lipinski definition) is 3. The summed E-state index contributed by atoms with van der Waals surface area (Å²) in [7, 11) is 0. The maximum absolute atomic E-state index is 10.4. The Kier molecular flexibility index (Phi) is 4.65. The van der Waals surface area contributed by atoms with Crippen molar-refractivity contribution >= 4 is 5.97 Å². The van der Waals surface area contributed by atoms with Gasteiger partial charge in [-0.3, -0.25) is 9.48 Å². The first-order valence-electron chi connectivity index (χ1n) is 5.50. The molecule has 0 aromatic carbocycles. The van der Waals surface area contributed by atoms with Gasteiger partial charge in [-0.05, 0) is 5.92 Å². The van der Waals surface area contributed by atoms with Crippen molar-refractivity contribution in [3.8, 4) is 0 Å². The zero-order valence-corrected chi connectivity index (χ0v) is 9.95. The van der Waals surface area contributed by atoms with E-state index in [-0.39, 0.29) is 0 Å². The van der Waals surface area contributed by atoms with Gasteiger partial charge in [0.25, 0.3) is 0 Å². The average molecular weight is 242 g/mol. The maximum atomic E-state index is 10.4. The second kappa shape index (κ2) is 5.79. The average Bonchev–Trinajstić information content (AvgIpc) is 2.62. The van der Waals surface area contributed by atoms with Crippen molar-refractivity contribution in [1.29, 1.82) is 0 Å². The van der Waals surface area contributed by atoms with Crippen molar-refractivity contribution in [2.45, 2.75) is 39.0 Å². The minimum absolute atomic E-state index is 0.420. The first kappa shape index (κ1) is 13.7. The second-order valence-electron chi connectivity index (χ2n) is 4.50. The normalized spacial score (nSPS) is 14.9. The number of carboxylic acids is 1. The van der Waals surface area contributed by atoms with Gasteiger partial charge in [-0.1, -0.05) is 13.8 Å². The SMILES string of the molecule is CC(C)Cn1cc(C(O)C(O)CC(=O)O)cn1. The lowest BCUT2D eigenvalue weighted by Crippen LogP contribution is -2.21. The van der Waals surface area contributed by atoms with E-state index in [9.17, 15) is 15.0 Å². The van der Waals surface area contributed by atoms with E-state index in [0.717, 1.165) is 0 Å². The number of aromatic nitrogens is 2. The Balaban J connectivity index is 2.65. The van der Waals surface area contributed by atoms with Crippen molar-refractivity contribution in [2.75, 3.05) is 0 Å². The Morgan fingerprint density at radius 2 is 2.12 bits per heavy atom. The van der Waals surface area contributed by atoms with Crippen molar-refractivity contribution < 1.29 is 20.1 Å². The summed E-state index contributed by atoms with van der Waals surface area (Å²) in [5.41, 5.74) is 0.430. The first-order chi connectivity index (χ1) is 7.90. The molecule has 6 nitrogen and oxygen atoms in total. The second-order valence-corrected chi connectivity index (χ2v) is 4.50. The van der Waals surface area contributed by atoms with Crippen LogP contribution in [-0.4, -0.2) is 37.2 Å². The third-order valence-corrected chi connectivity index (χ3v) is 2.30. The summed E-state index contributed by atoms with van der Waals surface area (Å²) in [5.74, 6) is -0.727. The molecule has 1 aromatic heterocycles. The Morgan fingerprint density at radius 3 is 2.65 bits per heavy atom. The Morgan fingerprint density at radius 1 is 1.47 bits per heavy atom. The molecule has 0 bridgehead atoms. The predicted molar refractivity (Wildman–Crippen MR) is 60.3 cm³/mol. The molecule has 6 heteroatoms. The monoisotopic (exact) mass is 242 g/mol. The van der Waals surface area contributed by atoms with Crippen LogP contribution in [0.3, 0.4) is 0 Å². The topological polar surface area (TPSA) is 95.6 Å². The minimum Gasteiger partial charge on any atom is -0.481 e. The van der Waals surface area contributed by atoms with Crippen LogP contribution in [0.2, 0.25) is 0 Å². The summed E-state index contributed by atoms with van der Waals surface area (Å²) in [5, 5.41) is 31.7. The summed E-state index contributed by atoms with van der Waals surface area (Å²) in [6.45, 7) is 4.79. The van der Waals surface area contributed by atoms with Gasteiger partial charge in [-0.2, -0.15) is 5.10 Å². The Hall–Kier alpha value is -1.40. The molecule has 0 spiro atoms. The lowest BCUT2D eigenvalue weighted by atomic mass is 10.1. The highest BCUT2D eigenvalue weighted by Gasteiger charge is 2.22. The summed E-state index contributed by atoms with van der Waals surface area (Å²) < 4.78 is 1.66. The molecule has 3 N–H and O–H groups in total. The summed E-state index contributed by atoms with van der Waals surface area (Å²) in [6.07, 6.45) is 0.0425. The predicted octanol–water partition coefficient (Wildman–Crippen LogP) is 0.408. The van der Waals surface area contributed by atoms with Gasteiger partial charge in [0.05, 0.1) is 18.7 Å². The zero-order chi connectivity index (χ0) is 13.0. The molecule has 1 rings (SSSR count). The van der Waals surface area contributed by atoms with E-state index in [2.05, 4.69) is 5.10 Å². The van der Waals surface area contributed by atoms with Crippen molar-refractivity contribution in [2.24, 2.45) is 5.92 Å². The summed E-state index contributed by atoms with van der Waals surface area (Å²) in [4.78, 5) is 10.4. The first-order valence-corrected chi connectivity index (χ1v) is 5.50. The van der Waals surface area contributed by atoms with E-state index in [1.807, 2.05) is 13.8 Å². The smallest absolute Gasteiger partial charge is 0.306 e. The van der Waals surface area contributed by atoms with Crippen LogP contribution < -0.4 is 0 Å². The number of carboxylic acid groups (broad SMARTS) is 1. The molecule has 0 aliphatic rings. The third-order valence-electron chi connectivity index (χ3n) is 2.30. The van der Waals surface area contributed by atoms with Crippen LogP contribution in [0.15, 0.2) is 12.4 Å². The molecule has 2 unspecified atom stereocenters. The van der Waals surface area contributed by atoms with Crippen molar-refractivity contribution in [3.63, 3.8) is 0 Å². The number of aliphatic hydroxyl groups excluding tert-OH is 2. The molecule has 0 saturated heterocycles. The highest BCUT2D eigenvalue weighted by atomic mass is 16.4. The highest BCUT2D eigenvalue weighted by molar-refractivity contribution is 5.67. The number of hydrogen-bond acceptors (Lipinski definition) is 4. The van der Waals surface area contributed by atoms with E-state index in [1.54, 1.807) is 10.9 Å². The van der Waals surface area contributed by atoms with Crippen LogP contribution >= 0.6 is 0 Å². The quantitative estimate of drug-likeness (QED) is 0.671. The van der Waals surface area contributed by atoms with E-state index >= 15 is 0 Å². The summed E-state index contributed by atoms with van der Waals surface area (Å²) >= 11 is 0. The molecule has 0 aliphatic heterocycles.